The molecule has 2 unspecified atom stereocenters. The number of carboxylic acids is 1. The molecule has 1 aromatic rings. The number of aliphatic carboxylic acids is 1. The predicted molar refractivity (Wildman–Crippen MR) is 80.5 cm³/mol. The molecule has 1 fully saturated rings. The molecule has 8 heteroatoms. The minimum Gasteiger partial charge on any atom is -0.481 e. The third-order valence-electron chi connectivity index (χ3n) is 3.25. The lowest BCUT2D eigenvalue weighted by atomic mass is 10.2. The van der Waals surface area contributed by atoms with Crippen LogP contribution in [0, 0.1) is 0 Å². The van der Waals surface area contributed by atoms with Gasteiger partial charge < -0.3 is 19.5 Å². The van der Waals surface area contributed by atoms with Crippen molar-refractivity contribution in [2.75, 3.05) is 19.8 Å². The fraction of sp³-hybridized carbons (Fsp3) is 0.429. The molecule has 1 aliphatic rings. The molecule has 0 aromatic heterocycles. The summed E-state index contributed by atoms with van der Waals surface area (Å²) in [6.45, 7) is 2.04. The highest BCUT2D eigenvalue weighted by molar-refractivity contribution is 6.42. The highest BCUT2D eigenvalue weighted by Gasteiger charge is 2.35. The average Bonchev–Trinajstić information content (AvgIpc) is 2.50. The van der Waals surface area contributed by atoms with Gasteiger partial charge in [0, 0.05) is 12.6 Å². The van der Waals surface area contributed by atoms with E-state index < -0.39 is 24.0 Å². The summed E-state index contributed by atoms with van der Waals surface area (Å²) in [5.41, 5.74) is 0. The molecule has 1 aliphatic heterocycles. The predicted octanol–water partition coefficient (Wildman–Crippen LogP) is 2.07. The van der Waals surface area contributed by atoms with E-state index in [4.69, 9.17) is 37.8 Å². The monoisotopic (exact) mass is 347 g/mol. The number of ether oxygens (including phenoxy) is 2. The SMILES string of the molecule is CC(Oc1ccc(Cl)c(Cl)c1)C(=O)N1CCOCC1C(=O)O. The van der Waals surface area contributed by atoms with Gasteiger partial charge in [-0.1, -0.05) is 23.2 Å². The van der Waals surface area contributed by atoms with Crippen LogP contribution in [0.15, 0.2) is 18.2 Å². The lowest BCUT2D eigenvalue weighted by Crippen LogP contribution is -2.55. The van der Waals surface area contributed by atoms with Crippen LogP contribution in [0.2, 0.25) is 10.0 Å². The van der Waals surface area contributed by atoms with Gasteiger partial charge in [-0.05, 0) is 19.1 Å². The van der Waals surface area contributed by atoms with Gasteiger partial charge in [0.2, 0.25) is 0 Å². The molecule has 1 N–H and O–H groups in total. The summed E-state index contributed by atoms with van der Waals surface area (Å²) in [7, 11) is 0. The zero-order valence-corrected chi connectivity index (χ0v) is 13.3. The topological polar surface area (TPSA) is 76.1 Å². The van der Waals surface area contributed by atoms with Gasteiger partial charge in [-0.2, -0.15) is 0 Å². The first kappa shape index (κ1) is 16.9. The molecule has 0 bridgehead atoms. The Labute approximate surface area is 137 Å². The Morgan fingerprint density at radius 1 is 1.41 bits per heavy atom. The van der Waals surface area contributed by atoms with Gasteiger partial charge in [0.05, 0.1) is 23.3 Å². The quantitative estimate of drug-likeness (QED) is 0.902. The highest BCUT2D eigenvalue weighted by atomic mass is 35.5. The molecule has 1 aromatic carbocycles. The molecule has 0 spiro atoms. The van der Waals surface area contributed by atoms with Crippen LogP contribution in [0.25, 0.3) is 0 Å². The van der Waals surface area contributed by atoms with Gasteiger partial charge in [0.25, 0.3) is 5.91 Å². The number of benzene rings is 1. The second kappa shape index (κ2) is 7.17. The molecule has 6 nitrogen and oxygen atoms in total. The van der Waals surface area contributed by atoms with Crippen molar-refractivity contribution >= 4 is 35.1 Å². The number of carboxylic acid groups (broad SMARTS) is 1. The summed E-state index contributed by atoms with van der Waals surface area (Å²) in [5, 5.41) is 9.84. The van der Waals surface area contributed by atoms with Crippen LogP contribution in [0.3, 0.4) is 0 Å². The second-order valence-electron chi connectivity index (χ2n) is 4.80. The third kappa shape index (κ3) is 3.82. The van der Waals surface area contributed by atoms with Crippen LogP contribution in [-0.2, 0) is 14.3 Å². The van der Waals surface area contributed by atoms with E-state index in [0.717, 1.165) is 0 Å². The Balaban J connectivity index is 2.07. The standard InChI is InChI=1S/C14H15Cl2NO5/c1-8(22-9-2-3-10(15)11(16)6-9)13(18)17-4-5-21-7-12(17)14(19)20/h2-3,6,8,12H,4-5,7H2,1H3,(H,19,20). The number of hydrogen-bond donors (Lipinski definition) is 1. The van der Waals surface area contributed by atoms with E-state index in [2.05, 4.69) is 0 Å². The van der Waals surface area contributed by atoms with Crippen LogP contribution >= 0.6 is 23.2 Å². The molecule has 120 valence electrons. The zero-order valence-electron chi connectivity index (χ0n) is 11.8. The number of halogens is 2. The highest BCUT2D eigenvalue weighted by Crippen LogP contribution is 2.27. The normalized spacial score (nSPS) is 19.6. The van der Waals surface area contributed by atoms with Crippen LogP contribution in [0.4, 0.5) is 0 Å². The molecular formula is C14H15Cl2NO5. The molecule has 1 saturated heterocycles. The number of morpholine rings is 1. The van der Waals surface area contributed by atoms with Crippen molar-refractivity contribution in [3.63, 3.8) is 0 Å². The van der Waals surface area contributed by atoms with E-state index in [0.29, 0.717) is 22.4 Å². The van der Waals surface area contributed by atoms with Gasteiger partial charge in [-0.15, -0.1) is 0 Å². The number of carbonyl (C=O) groups excluding carboxylic acids is 1. The molecule has 1 heterocycles. The Morgan fingerprint density at radius 2 is 2.14 bits per heavy atom. The number of hydrogen-bond acceptors (Lipinski definition) is 4. The van der Waals surface area contributed by atoms with Gasteiger partial charge in [0.15, 0.2) is 12.1 Å². The van der Waals surface area contributed by atoms with Crippen molar-refractivity contribution in [2.45, 2.75) is 19.1 Å². The van der Waals surface area contributed by atoms with Crippen LogP contribution in [-0.4, -0.2) is 53.8 Å². The van der Waals surface area contributed by atoms with Gasteiger partial charge >= 0.3 is 5.97 Å². The van der Waals surface area contributed by atoms with Crippen molar-refractivity contribution in [1.29, 1.82) is 0 Å². The van der Waals surface area contributed by atoms with Crippen molar-refractivity contribution < 1.29 is 24.2 Å². The Kier molecular flexibility index (Phi) is 5.50. The van der Waals surface area contributed by atoms with Crippen LogP contribution < -0.4 is 4.74 Å². The van der Waals surface area contributed by atoms with Gasteiger partial charge in [-0.3, -0.25) is 4.79 Å². The Bertz CT molecular complexity index is 580. The number of carbonyl (C=O) groups is 2. The summed E-state index contributed by atoms with van der Waals surface area (Å²) in [5.74, 6) is -1.13. The fourth-order valence-electron chi connectivity index (χ4n) is 2.11. The maximum Gasteiger partial charge on any atom is 0.328 e. The number of amides is 1. The van der Waals surface area contributed by atoms with Crippen molar-refractivity contribution in [1.82, 2.24) is 4.90 Å². The fourth-order valence-corrected chi connectivity index (χ4v) is 2.40. The van der Waals surface area contributed by atoms with Gasteiger partial charge in [0.1, 0.15) is 5.75 Å². The minimum atomic E-state index is -1.10. The molecule has 2 rings (SSSR count). The molecule has 0 radical (unpaired) electrons. The van der Waals surface area contributed by atoms with E-state index in [-0.39, 0.29) is 13.2 Å². The molecule has 1 amide bonds. The summed E-state index contributed by atoms with van der Waals surface area (Å²) in [6, 6.07) is 3.65. The molecule has 2 atom stereocenters. The first-order valence-electron chi connectivity index (χ1n) is 6.63. The first-order chi connectivity index (χ1) is 10.4. The van der Waals surface area contributed by atoms with E-state index in [9.17, 15) is 9.59 Å². The second-order valence-corrected chi connectivity index (χ2v) is 5.61. The van der Waals surface area contributed by atoms with Crippen molar-refractivity contribution in [2.24, 2.45) is 0 Å². The first-order valence-corrected chi connectivity index (χ1v) is 7.38. The maximum absolute atomic E-state index is 12.4. The van der Waals surface area contributed by atoms with Crippen molar-refractivity contribution in [3.8, 4) is 5.75 Å². The summed E-state index contributed by atoms with van der Waals surface area (Å²) in [4.78, 5) is 24.8. The van der Waals surface area contributed by atoms with E-state index >= 15 is 0 Å². The molecule has 0 aliphatic carbocycles. The van der Waals surface area contributed by atoms with E-state index in [1.54, 1.807) is 19.1 Å². The molecule has 0 saturated carbocycles. The van der Waals surface area contributed by atoms with E-state index in [1.165, 1.54) is 11.0 Å². The lowest BCUT2D eigenvalue weighted by molar-refractivity contribution is -0.161. The molecule has 22 heavy (non-hydrogen) atoms. The zero-order chi connectivity index (χ0) is 16.3. The third-order valence-corrected chi connectivity index (χ3v) is 3.99. The lowest BCUT2D eigenvalue weighted by Gasteiger charge is -2.34. The minimum absolute atomic E-state index is 0.0272. The Morgan fingerprint density at radius 3 is 2.77 bits per heavy atom. The summed E-state index contributed by atoms with van der Waals surface area (Å²) in [6.07, 6.45) is -0.850. The molecular weight excluding hydrogens is 333 g/mol. The summed E-state index contributed by atoms with van der Waals surface area (Å²) < 4.78 is 10.6. The Hall–Kier alpha value is -1.50. The average molecular weight is 348 g/mol. The van der Waals surface area contributed by atoms with Crippen molar-refractivity contribution in [3.05, 3.63) is 28.2 Å². The van der Waals surface area contributed by atoms with Crippen LogP contribution in [0.5, 0.6) is 5.75 Å². The summed E-state index contributed by atoms with van der Waals surface area (Å²) >= 11 is 11.7. The van der Waals surface area contributed by atoms with Crippen LogP contribution in [0.1, 0.15) is 6.92 Å². The largest absolute Gasteiger partial charge is 0.481 e. The van der Waals surface area contributed by atoms with E-state index in [1.807, 2.05) is 0 Å². The van der Waals surface area contributed by atoms with Gasteiger partial charge in [-0.25, -0.2) is 4.79 Å². The number of rotatable bonds is 4. The maximum atomic E-state index is 12.4. The smallest absolute Gasteiger partial charge is 0.328 e. The number of nitrogens with zero attached hydrogens (tertiary/aromatic N) is 1.